The van der Waals surface area contributed by atoms with Crippen molar-refractivity contribution in [2.24, 2.45) is 5.73 Å². The second kappa shape index (κ2) is 5.12. The number of rotatable bonds is 5. The summed E-state index contributed by atoms with van der Waals surface area (Å²) < 4.78 is 5.78. The van der Waals surface area contributed by atoms with Crippen molar-refractivity contribution in [3.63, 3.8) is 0 Å². The first-order valence-corrected chi connectivity index (χ1v) is 5.52. The van der Waals surface area contributed by atoms with Crippen LogP contribution in [0.15, 0.2) is 24.3 Å². The summed E-state index contributed by atoms with van der Waals surface area (Å²) in [6.45, 7) is 6.87. The molecule has 0 aliphatic heterocycles. The molecule has 0 unspecified atom stereocenters. The molecule has 0 amide bonds. The minimum Gasteiger partial charge on any atom is -0.384 e. The molecule has 0 saturated heterocycles. The summed E-state index contributed by atoms with van der Waals surface area (Å²) in [5, 5.41) is 7.28. The van der Waals surface area contributed by atoms with Gasteiger partial charge in [-0.15, -0.1) is 0 Å². The van der Waals surface area contributed by atoms with Crippen molar-refractivity contribution in [2.45, 2.75) is 39.4 Å². The molecule has 1 rings (SSSR count). The van der Waals surface area contributed by atoms with Gasteiger partial charge in [0.2, 0.25) is 0 Å². The van der Waals surface area contributed by atoms with Crippen molar-refractivity contribution in [1.82, 2.24) is 0 Å². The van der Waals surface area contributed by atoms with E-state index in [4.69, 9.17) is 15.9 Å². The van der Waals surface area contributed by atoms with Gasteiger partial charge < -0.3 is 10.5 Å². The van der Waals surface area contributed by atoms with Crippen LogP contribution in [0.5, 0.6) is 0 Å². The Bertz CT molecular complexity index is 355. The van der Waals surface area contributed by atoms with Crippen LogP contribution in [0, 0.1) is 5.41 Å². The highest BCUT2D eigenvalue weighted by atomic mass is 16.5. The summed E-state index contributed by atoms with van der Waals surface area (Å²) >= 11 is 0. The molecule has 0 radical (unpaired) electrons. The molecule has 0 aliphatic rings. The van der Waals surface area contributed by atoms with Gasteiger partial charge in [-0.25, -0.2) is 0 Å². The molecule has 3 nitrogen and oxygen atoms in total. The number of benzene rings is 1. The Hall–Kier alpha value is -1.35. The standard InChI is InChI=1S/C13H20N2O/c1-4-13(2,3)16-9-10-5-7-11(8-6-10)12(14)15/h5-8H,4,9H2,1-3H3,(H3,14,15). The van der Waals surface area contributed by atoms with Crippen molar-refractivity contribution in [1.29, 1.82) is 5.41 Å². The molecule has 0 aliphatic carbocycles. The number of amidine groups is 1. The zero-order chi connectivity index (χ0) is 12.2. The molecule has 88 valence electrons. The number of ether oxygens (including phenoxy) is 1. The van der Waals surface area contributed by atoms with Crippen LogP contribution in [0.25, 0.3) is 0 Å². The average molecular weight is 220 g/mol. The van der Waals surface area contributed by atoms with Crippen molar-refractivity contribution in [3.8, 4) is 0 Å². The van der Waals surface area contributed by atoms with Gasteiger partial charge in [0.25, 0.3) is 0 Å². The molecule has 1 aromatic carbocycles. The number of nitrogen functional groups attached to an aromatic ring is 1. The Morgan fingerprint density at radius 2 is 1.88 bits per heavy atom. The molecule has 0 heterocycles. The molecule has 0 bridgehead atoms. The maximum atomic E-state index is 7.28. The Morgan fingerprint density at radius 1 is 1.31 bits per heavy atom. The fourth-order valence-corrected chi connectivity index (χ4v) is 1.16. The smallest absolute Gasteiger partial charge is 0.122 e. The third kappa shape index (κ3) is 3.66. The Kier molecular flexibility index (Phi) is 4.07. The van der Waals surface area contributed by atoms with E-state index in [-0.39, 0.29) is 11.4 Å². The Morgan fingerprint density at radius 3 is 2.31 bits per heavy atom. The fraction of sp³-hybridized carbons (Fsp3) is 0.462. The number of hydrogen-bond donors (Lipinski definition) is 2. The van der Waals surface area contributed by atoms with Crippen molar-refractivity contribution in [3.05, 3.63) is 35.4 Å². The maximum Gasteiger partial charge on any atom is 0.122 e. The van der Waals surface area contributed by atoms with E-state index in [1.165, 1.54) is 0 Å². The molecule has 0 aromatic heterocycles. The van der Waals surface area contributed by atoms with Gasteiger partial charge in [0.1, 0.15) is 5.84 Å². The quantitative estimate of drug-likeness (QED) is 0.592. The molecular weight excluding hydrogens is 200 g/mol. The molecule has 16 heavy (non-hydrogen) atoms. The zero-order valence-electron chi connectivity index (χ0n) is 10.2. The third-order valence-corrected chi connectivity index (χ3v) is 2.75. The first-order valence-electron chi connectivity index (χ1n) is 5.52. The van der Waals surface area contributed by atoms with Gasteiger partial charge in [-0.3, -0.25) is 5.41 Å². The van der Waals surface area contributed by atoms with Gasteiger partial charge in [0.05, 0.1) is 12.2 Å². The van der Waals surface area contributed by atoms with E-state index in [0.29, 0.717) is 6.61 Å². The third-order valence-electron chi connectivity index (χ3n) is 2.75. The van der Waals surface area contributed by atoms with Crippen LogP contribution in [0.2, 0.25) is 0 Å². The van der Waals surface area contributed by atoms with E-state index < -0.39 is 0 Å². The fourth-order valence-electron chi connectivity index (χ4n) is 1.16. The van der Waals surface area contributed by atoms with Crippen LogP contribution >= 0.6 is 0 Å². The largest absolute Gasteiger partial charge is 0.384 e. The summed E-state index contributed by atoms with van der Waals surface area (Å²) in [4.78, 5) is 0. The van der Waals surface area contributed by atoms with Gasteiger partial charge >= 0.3 is 0 Å². The molecule has 0 saturated carbocycles. The van der Waals surface area contributed by atoms with Crippen LogP contribution in [0.3, 0.4) is 0 Å². The van der Waals surface area contributed by atoms with E-state index >= 15 is 0 Å². The van der Waals surface area contributed by atoms with Gasteiger partial charge in [0, 0.05) is 5.56 Å². The van der Waals surface area contributed by atoms with E-state index in [9.17, 15) is 0 Å². The van der Waals surface area contributed by atoms with E-state index in [2.05, 4.69) is 20.8 Å². The molecule has 0 fully saturated rings. The molecule has 3 N–H and O–H groups in total. The average Bonchev–Trinajstić information content (AvgIpc) is 2.27. The molecular formula is C13H20N2O. The molecule has 3 heteroatoms. The zero-order valence-corrected chi connectivity index (χ0v) is 10.2. The number of nitrogens with two attached hydrogens (primary N) is 1. The van der Waals surface area contributed by atoms with Gasteiger partial charge in [-0.1, -0.05) is 31.2 Å². The van der Waals surface area contributed by atoms with E-state index in [0.717, 1.165) is 17.5 Å². The summed E-state index contributed by atoms with van der Waals surface area (Å²) in [6, 6.07) is 7.59. The molecule has 0 spiro atoms. The first kappa shape index (κ1) is 12.7. The van der Waals surface area contributed by atoms with Crippen LogP contribution in [-0.2, 0) is 11.3 Å². The normalized spacial score (nSPS) is 11.4. The summed E-state index contributed by atoms with van der Waals surface area (Å²) in [6.07, 6.45) is 0.985. The highest BCUT2D eigenvalue weighted by molar-refractivity contribution is 5.94. The second-order valence-corrected chi connectivity index (χ2v) is 4.51. The van der Waals surface area contributed by atoms with E-state index in [1.807, 2.05) is 24.3 Å². The second-order valence-electron chi connectivity index (χ2n) is 4.51. The topological polar surface area (TPSA) is 59.1 Å². The van der Waals surface area contributed by atoms with Crippen molar-refractivity contribution < 1.29 is 4.74 Å². The lowest BCUT2D eigenvalue weighted by Crippen LogP contribution is -2.22. The van der Waals surface area contributed by atoms with Crippen molar-refractivity contribution >= 4 is 5.84 Å². The SMILES string of the molecule is CCC(C)(C)OCc1ccc(C(=N)N)cc1. The number of hydrogen-bond acceptors (Lipinski definition) is 2. The lowest BCUT2D eigenvalue weighted by molar-refractivity contribution is -0.0316. The number of nitrogens with one attached hydrogen (secondary N) is 1. The molecule has 1 aromatic rings. The monoisotopic (exact) mass is 220 g/mol. The lowest BCUT2D eigenvalue weighted by atomic mass is 10.1. The van der Waals surface area contributed by atoms with Crippen LogP contribution < -0.4 is 5.73 Å². The van der Waals surface area contributed by atoms with Crippen LogP contribution in [0.1, 0.15) is 38.3 Å². The first-order chi connectivity index (χ1) is 7.44. The van der Waals surface area contributed by atoms with Gasteiger partial charge in [-0.05, 0) is 25.8 Å². The van der Waals surface area contributed by atoms with Crippen LogP contribution in [-0.4, -0.2) is 11.4 Å². The summed E-state index contributed by atoms with van der Waals surface area (Å²) in [7, 11) is 0. The van der Waals surface area contributed by atoms with E-state index in [1.54, 1.807) is 0 Å². The Balaban J connectivity index is 2.59. The Labute approximate surface area is 97.1 Å². The maximum absolute atomic E-state index is 7.28. The highest BCUT2D eigenvalue weighted by Crippen LogP contribution is 2.16. The van der Waals surface area contributed by atoms with Crippen LogP contribution in [0.4, 0.5) is 0 Å². The van der Waals surface area contributed by atoms with Gasteiger partial charge in [-0.2, -0.15) is 0 Å². The highest BCUT2D eigenvalue weighted by Gasteiger charge is 2.14. The minimum absolute atomic E-state index is 0.0841. The summed E-state index contributed by atoms with van der Waals surface area (Å²) in [5.74, 6) is 0.0985. The van der Waals surface area contributed by atoms with Crippen molar-refractivity contribution in [2.75, 3.05) is 0 Å². The lowest BCUT2D eigenvalue weighted by Gasteiger charge is -2.23. The predicted octanol–water partition coefficient (Wildman–Crippen LogP) is 2.68. The summed E-state index contributed by atoms with van der Waals surface area (Å²) in [5.41, 5.74) is 7.15. The molecule has 0 atom stereocenters. The van der Waals surface area contributed by atoms with Gasteiger partial charge in [0.15, 0.2) is 0 Å². The predicted molar refractivity (Wildman–Crippen MR) is 66.6 cm³/mol. The minimum atomic E-state index is -0.0841.